The lowest BCUT2D eigenvalue weighted by molar-refractivity contribution is -0.455. The van der Waals surface area contributed by atoms with Crippen molar-refractivity contribution in [3.8, 4) is 0 Å². The van der Waals surface area contributed by atoms with Crippen molar-refractivity contribution in [3.05, 3.63) is 12.2 Å². The van der Waals surface area contributed by atoms with Gasteiger partial charge in [-0.1, -0.05) is 188 Å². The van der Waals surface area contributed by atoms with Gasteiger partial charge in [-0.15, -0.1) is 0 Å². The molecule has 29 heteroatoms. The van der Waals surface area contributed by atoms with E-state index >= 15 is 0 Å². The lowest BCUT2D eigenvalue weighted by Crippen LogP contribution is -2.69. The number of carbonyl (C=O) groups is 2. The number of nitrogens with one attached hydrogen (secondary N) is 1. The first kappa shape index (κ1) is 87.3. The van der Waals surface area contributed by atoms with Crippen molar-refractivity contribution in [3.63, 3.8) is 0 Å². The van der Waals surface area contributed by atoms with Crippen LogP contribution in [0.2, 0.25) is 0 Å². The SMILES string of the molecule is CCCCCCCCCCCCC/C=C/[C@@H](O)[C@H](CO[C@@H]1OC(CO)[C@H](O[C@@H]2OC(CO)[C@H](O[C@@H]3OC(CO)[C@H](O)[C@H](O[C@@H]4OC(CO)[C@H](O)[C@H](C)C4O)C3C)[C@H](O[C@]3(OC=O)C[C@@H](O)[C@@H](C)C([C@H](O)[C@H](O)CO)O3)C2O)[C@H](O)C1O)NC(=O)CCCCCCCCCCCCCCC. The topological polar surface area (TPSA) is 451 Å². The molecule has 0 aromatic rings. The van der Waals surface area contributed by atoms with Gasteiger partial charge in [0.1, 0.15) is 85.5 Å². The predicted molar refractivity (Wildman–Crippen MR) is 355 cm³/mol. The third kappa shape index (κ3) is 26.6. The highest BCUT2D eigenvalue weighted by Crippen LogP contribution is 2.43. The number of rotatable bonds is 49. The summed E-state index contributed by atoms with van der Waals surface area (Å²) in [5, 5.41) is 169. The number of unbranched alkanes of at least 4 members (excludes halogenated alkanes) is 23. The van der Waals surface area contributed by atoms with E-state index in [0.717, 1.165) is 51.4 Å². The molecule has 5 heterocycles. The molecule has 0 saturated carbocycles. The fourth-order valence-electron chi connectivity index (χ4n) is 13.7. The third-order valence-corrected chi connectivity index (χ3v) is 20.2. The first-order valence-corrected chi connectivity index (χ1v) is 37.1. The van der Waals surface area contributed by atoms with E-state index in [1.54, 1.807) is 6.08 Å². The highest BCUT2D eigenvalue weighted by Gasteiger charge is 2.60. The molecular weight excluding hydrogens is 1300 g/mol. The van der Waals surface area contributed by atoms with Crippen LogP contribution >= 0.6 is 0 Å². The molecule has 1 amide bonds. The van der Waals surface area contributed by atoms with Crippen LogP contribution in [-0.4, -0.2) is 282 Å². The minimum Gasteiger partial charge on any atom is -0.410 e. The molecule has 0 bridgehead atoms. The van der Waals surface area contributed by atoms with Crippen LogP contribution in [0.3, 0.4) is 0 Å². The molecular formula is C70H127NO28. The standard InChI is InChI=1S/C70H127NO28/c1-6-8-10-12-14-16-18-20-22-24-26-28-30-32-46(78)45(71-53(81)33-31-29-27-25-23-21-19-17-15-13-11-9-7-2)40-89-67-59(87)58(86)63(51(38-75)93-67)96-69-60(88)65(99-70(90-41-77)34-47(79)42(3)62(98-70)56(84)48(80)35-72)64(52(39-76)94-69)97-66-44(5)61(57(85)50(37-74)91-66)95-68-55(83)43(4)54(82)49(36-73)92-68/h30,32,41-52,54-69,72-76,78-80,82-88H,6-29,31,33-40H2,1-5H3,(H,71,81)/b32-30+/t42-,43+,44?,45+,46-,47-,48-,49?,50?,51?,52?,54-,55?,56-,57+,58-,59?,60?,61-,62?,63+,64+,65-,66+,67-,68+,69+,70+/m1/s1. The van der Waals surface area contributed by atoms with Gasteiger partial charge >= 0.3 is 5.97 Å². The number of hydrogen-bond donors (Lipinski definition) is 16. The number of aliphatic hydroxyl groups is 15. The van der Waals surface area contributed by atoms with Crippen molar-refractivity contribution < 1.29 is 138 Å². The van der Waals surface area contributed by atoms with Crippen LogP contribution in [0.1, 0.15) is 208 Å². The van der Waals surface area contributed by atoms with Crippen LogP contribution in [0.5, 0.6) is 0 Å². The summed E-state index contributed by atoms with van der Waals surface area (Å²) in [7, 11) is 0. The van der Waals surface area contributed by atoms with Crippen molar-refractivity contribution in [1.82, 2.24) is 5.32 Å². The molecule has 29 nitrogen and oxygen atoms in total. The molecule has 5 rings (SSSR count). The summed E-state index contributed by atoms with van der Waals surface area (Å²) in [5.41, 5.74) is 0. The van der Waals surface area contributed by atoms with Gasteiger partial charge in [0.15, 0.2) is 25.2 Å². The number of ether oxygens (including phenoxy) is 11. The zero-order valence-corrected chi connectivity index (χ0v) is 59.2. The second-order valence-electron chi connectivity index (χ2n) is 28.0. The molecule has 28 atom stereocenters. The van der Waals surface area contributed by atoms with E-state index in [2.05, 4.69) is 19.2 Å². The molecule has 580 valence electrons. The molecule has 0 spiro atoms. The Kier molecular flexibility index (Phi) is 41.1. The maximum Gasteiger partial charge on any atom is 0.332 e. The quantitative estimate of drug-likeness (QED) is 0.0179. The lowest BCUT2D eigenvalue weighted by atomic mass is 9.86. The van der Waals surface area contributed by atoms with Crippen molar-refractivity contribution in [2.24, 2.45) is 17.8 Å². The molecule has 0 radical (unpaired) electrons. The fraction of sp³-hybridized carbons (Fsp3) is 0.943. The van der Waals surface area contributed by atoms with E-state index < -0.39 is 217 Å². The Labute approximate surface area is 584 Å². The second-order valence-corrected chi connectivity index (χ2v) is 28.0. The van der Waals surface area contributed by atoms with Crippen LogP contribution in [0, 0.1) is 17.8 Å². The van der Waals surface area contributed by atoms with Crippen molar-refractivity contribution >= 4 is 12.4 Å². The highest BCUT2D eigenvalue weighted by molar-refractivity contribution is 5.76. The molecule has 0 aromatic heterocycles. The largest absolute Gasteiger partial charge is 0.410 e. The molecule has 0 aliphatic carbocycles. The normalized spacial score (nSPS) is 36.5. The Morgan fingerprint density at radius 3 is 1.54 bits per heavy atom. The van der Waals surface area contributed by atoms with Crippen LogP contribution in [0.25, 0.3) is 0 Å². The number of amides is 1. The first-order valence-electron chi connectivity index (χ1n) is 37.1. The third-order valence-electron chi connectivity index (χ3n) is 20.2. The van der Waals surface area contributed by atoms with Crippen molar-refractivity contribution in [1.29, 1.82) is 0 Å². The number of aliphatic hydroxyl groups excluding tert-OH is 15. The van der Waals surface area contributed by atoms with Gasteiger partial charge in [0.25, 0.3) is 6.47 Å². The van der Waals surface area contributed by atoms with Gasteiger partial charge in [-0.05, 0) is 19.3 Å². The molecule has 5 fully saturated rings. The van der Waals surface area contributed by atoms with Gasteiger partial charge in [-0.2, -0.15) is 0 Å². The summed E-state index contributed by atoms with van der Waals surface area (Å²) in [5.74, 6) is -6.36. The minimum absolute atomic E-state index is 0.158. The molecule has 16 N–H and O–H groups in total. The van der Waals surface area contributed by atoms with E-state index in [1.165, 1.54) is 117 Å². The molecule has 9 unspecified atom stereocenters. The molecule has 99 heavy (non-hydrogen) atoms. The number of carbonyl (C=O) groups excluding carboxylic acids is 2. The zero-order chi connectivity index (χ0) is 72.6. The summed E-state index contributed by atoms with van der Waals surface area (Å²) in [6.07, 6.45) is -8.76. The average molecular weight is 1430 g/mol. The molecule has 5 aliphatic heterocycles. The summed E-state index contributed by atoms with van der Waals surface area (Å²) in [6, 6.07) is -1.07. The van der Waals surface area contributed by atoms with Gasteiger partial charge < -0.3 is 134 Å². The van der Waals surface area contributed by atoms with E-state index in [1.807, 2.05) is 6.08 Å². The van der Waals surface area contributed by atoms with Crippen molar-refractivity contribution in [2.75, 3.05) is 39.6 Å². The van der Waals surface area contributed by atoms with E-state index in [-0.39, 0.29) is 18.8 Å². The summed E-state index contributed by atoms with van der Waals surface area (Å²) >= 11 is 0. The number of allylic oxidation sites excluding steroid dienone is 1. The first-order chi connectivity index (χ1) is 47.6. The van der Waals surface area contributed by atoms with E-state index in [9.17, 15) is 86.2 Å². The molecule has 0 aromatic carbocycles. The smallest absolute Gasteiger partial charge is 0.332 e. The zero-order valence-electron chi connectivity index (χ0n) is 59.2. The van der Waals surface area contributed by atoms with Gasteiger partial charge in [0.2, 0.25) is 5.91 Å². The molecule has 5 aliphatic rings. The van der Waals surface area contributed by atoms with Crippen LogP contribution < -0.4 is 5.32 Å². The Morgan fingerprint density at radius 1 is 0.515 bits per heavy atom. The lowest BCUT2D eigenvalue weighted by Gasteiger charge is -2.52. The fourth-order valence-corrected chi connectivity index (χ4v) is 13.7. The molecule has 5 saturated heterocycles. The van der Waals surface area contributed by atoms with Crippen LogP contribution in [-0.2, 0) is 61.7 Å². The predicted octanol–water partition coefficient (Wildman–Crippen LogP) is 1.76. The number of hydrogen-bond acceptors (Lipinski definition) is 28. The summed E-state index contributed by atoms with van der Waals surface area (Å²) in [4.78, 5) is 26.0. The Balaban J connectivity index is 1.34. The average Bonchev–Trinajstić information content (AvgIpc) is 0.757. The Bertz CT molecular complexity index is 2180. The van der Waals surface area contributed by atoms with E-state index in [0.29, 0.717) is 12.8 Å². The second kappa shape index (κ2) is 46.6. The van der Waals surface area contributed by atoms with Gasteiger partial charge in [-0.3, -0.25) is 9.59 Å². The Hall–Kier alpha value is -2.32. The monoisotopic (exact) mass is 1430 g/mol. The summed E-state index contributed by atoms with van der Waals surface area (Å²) in [6.45, 7) is 3.59. The van der Waals surface area contributed by atoms with Crippen LogP contribution in [0.4, 0.5) is 0 Å². The summed E-state index contributed by atoms with van der Waals surface area (Å²) < 4.78 is 66.5. The highest BCUT2D eigenvalue weighted by atomic mass is 16.9. The van der Waals surface area contributed by atoms with Gasteiger partial charge in [0, 0.05) is 24.2 Å². The van der Waals surface area contributed by atoms with Crippen LogP contribution in [0.15, 0.2) is 12.2 Å². The van der Waals surface area contributed by atoms with E-state index in [4.69, 9.17) is 52.1 Å². The minimum atomic E-state index is -2.85. The van der Waals surface area contributed by atoms with Crippen molar-refractivity contribution in [2.45, 2.75) is 361 Å². The van der Waals surface area contributed by atoms with Gasteiger partial charge in [-0.25, -0.2) is 0 Å². The maximum atomic E-state index is 13.5. The Morgan fingerprint density at radius 2 is 0.990 bits per heavy atom. The maximum absolute atomic E-state index is 13.5. The van der Waals surface area contributed by atoms with Gasteiger partial charge in [0.05, 0.1) is 82.6 Å².